The molecule has 0 amide bonds. The van der Waals surface area contributed by atoms with Crippen molar-refractivity contribution in [3.05, 3.63) is 182 Å². The van der Waals surface area contributed by atoms with Gasteiger partial charge in [-0.05, 0) is 89.0 Å². The number of para-hydroxylation sites is 5. The van der Waals surface area contributed by atoms with Gasteiger partial charge in [-0.2, -0.15) is 0 Å². The van der Waals surface area contributed by atoms with E-state index in [1.165, 1.54) is 21.8 Å². The van der Waals surface area contributed by atoms with Crippen molar-refractivity contribution in [3.8, 4) is 56.3 Å². The third-order valence-electron chi connectivity index (χ3n) is 12.7. The van der Waals surface area contributed by atoms with E-state index in [0.717, 1.165) is 111 Å². The van der Waals surface area contributed by atoms with Crippen molar-refractivity contribution < 1.29 is 18.2 Å². The molecule has 0 radical (unpaired) electrons. The highest BCUT2D eigenvalue weighted by molar-refractivity contribution is 6.84. The molecule has 60 heavy (non-hydrogen) atoms. The highest BCUT2D eigenvalue weighted by atomic mass is 16.5. The van der Waals surface area contributed by atoms with E-state index in [1.807, 2.05) is 24.3 Å². The number of furan rings is 2. The number of ether oxygens (including phenoxy) is 1. The van der Waals surface area contributed by atoms with Gasteiger partial charge in [-0.25, -0.2) is 0 Å². The molecule has 9 aromatic carbocycles. The summed E-state index contributed by atoms with van der Waals surface area (Å²) in [6.45, 7) is -0.318. The third-order valence-corrected chi connectivity index (χ3v) is 12.7. The van der Waals surface area contributed by atoms with Crippen LogP contribution >= 0.6 is 0 Å². The zero-order valence-corrected chi connectivity index (χ0v) is 32.0. The molecule has 0 N–H and O–H groups in total. The summed E-state index contributed by atoms with van der Waals surface area (Å²) in [6, 6.07) is 64.0. The van der Waals surface area contributed by atoms with Crippen LogP contribution in [-0.2, 0) is 0 Å². The van der Waals surface area contributed by atoms with Gasteiger partial charge in [-0.1, -0.05) is 115 Å². The van der Waals surface area contributed by atoms with Crippen molar-refractivity contribution in [2.24, 2.45) is 0 Å². The molecule has 0 saturated carbocycles. The molecule has 0 fully saturated rings. The summed E-state index contributed by atoms with van der Waals surface area (Å²) in [6.07, 6.45) is 0. The smallest absolute Gasteiger partial charge is 0.434 e. The quantitative estimate of drug-likeness (QED) is 0.168. The fourth-order valence-corrected chi connectivity index (χ4v) is 9.94. The van der Waals surface area contributed by atoms with E-state index in [9.17, 15) is 0 Å². The van der Waals surface area contributed by atoms with Gasteiger partial charge in [-0.15, -0.1) is 0 Å². The van der Waals surface area contributed by atoms with E-state index in [2.05, 4.69) is 162 Å². The monoisotopic (exact) mass is 767 g/mol. The Balaban J connectivity index is 0.890. The summed E-state index contributed by atoms with van der Waals surface area (Å²) in [5, 5.41) is 6.70. The van der Waals surface area contributed by atoms with Crippen molar-refractivity contribution >= 4 is 83.5 Å². The standard InChI is InChI=1S/C54H30BNO4/c1-5-16-45-36(10-1)37-11-2-6-17-46(37)56(45)34-23-20-31(21-24-34)32-22-25-44-51(27-32)58-52-28-33(26-43-39-13-4-8-19-48(39)60-55(44)53(43)52)35-14-9-15-40-42-30-49-41(29-50(42)59-54(35)40)38-12-3-7-18-47(38)57-49/h1-30H. The highest BCUT2D eigenvalue weighted by Gasteiger charge is 2.41. The predicted molar refractivity (Wildman–Crippen MR) is 244 cm³/mol. The van der Waals surface area contributed by atoms with E-state index in [4.69, 9.17) is 18.2 Å². The van der Waals surface area contributed by atoms with Gasteiger partial charge in [0.25, 0.3) is 0 Å². The van der Waals surface area contributed by atoms with Crippen LogP contribution in [0.3, 0.4) is 0 Å². The maximum atomic E-state index is 6.97. The number of fused-ring (bicyclic) bond motifs is 13. The number of nitrogens with zero attached hydrogens (tertiary/aromatic N) is 1. The van der Waals surface area contributed by atoms with Gasteiger partial charge in [0.2, 0.25) is 0 Å². The molecule has 0 bridgehead atoms. The molecular formula is C54H30BNO4. The van der Waals surface area contributed by atoms with Crippen LogP contribution in [-0.4, -0.2) is 11.5 Å². The van der Waals surface area contributed by atoms with Crippen LogP contribution in [0, 0.1) is 0 Å². The Labute approximate surface area is 343 Å². The summed E-state index contributed by atoms with van der Waals surface area (Å²) >= 11 is 0. The topological polar surface area (TPSA) is 49.7 Å². The number of hydrogen-bond donors (Lipinski definition) is 0. The first-order valence-electron chi connectivity index (χ1n) is 20.3. The molecule has 0 aliphatic carbocycles. The van der Waals surface area contributed by atoms with Crippen LogP contribution in [0.25, 0.3) is 105 Å². The van der Waals surface area contributed by atoms with Gasteiger partial charge in [-0.3, -0.25) is 0 Å². The van der Waals surface area contributed by atoms with Gasteiger partial charge in [0.05, 0.1) is 11.0 Å². The van der Waals surface area contributed by atoms with Crippen LogP contribution in [0.15, 0.2) is 191 Å². The molecule has 3 aromatic heterocycles. The summed E-state index contributed by atoms with van der Waals surface area (Å²) < 4.78 is 29.2. The maximum absolute atomic E-state index is 6.97. The molecule has 2 aliphatic rings. The highest BCUT2D eigenvalue weighted by Crippen LogP contribution is 2.45. The van der Waals surface area contributed by atoms with Gasteiger partial charge in [0.1, 0.15) is 39.6 Å². The first-order chi connectivity index (χ1) is 29.7. The molecule has 2 aliphatic heterocycles. The zero-order chi connectivity index (χ0) is 39.1. The minimum atomic E-state index is -0.318. The van der Waals surface area contributed by atoms with E-state index < -0.39 is 0 Å². The molecule has 0 unspecified atom stereocenters. The molecule has 12 aromatic rings. The summed E-state index contributed by atoms with van der Waals surface area (Å²) in [7, 11) is 0. The third kappa shape index (κ3) is 4.42. The molecule has 14 rings (SSSR count). The average Bonchev–Trinajstić information content (AvgIpc) is 3.97. The van der Waals surface area contributed by atoms with Crippen LogP contribution in [0.2, 0.25) is 0 Å². The van der Waals surface area contributed by atoms with Crippen LogP contribution in [0.1, 0.15) is 0 Å². The molecule has 0 saturated heterocycles. The lowest BCUT2D eigenvalue weighted by Gasteiger charge is -2.33. The summed E-state index contributed by atoms with van der Waals surface area (Å²) in [4.78, 5) is 0. The Morgan fingerprint density at radius 2 is 1.03 bits per heavy atom. The fourth-order valence-electron chi connectivity index (χ4n) is 9.94. The van der Waals surface area contributed by atoms with E-state index >= 15 is 0 Å². The second-order valence-electron chi connectivity index (χ2n) is 15.9. The summed E-state index contributed by atoms with van der Waals surface area (Å²) in [5.41, 5.74) is 15.3. The first-order valence-corrected chi connectivity index (χ1v) is 20.3. The van der Waals surface area contributed by atoms with E-state index in [-0.39, 0.29) is 6.92 Å². The lowest BCUT2D eigenvalue weighted by atomic mass is 9.50. The Hall–Kier alpha value is -7.96. The second kappa shape index (κ2) is 11.8. The number of aromatic nitrogens is 1. The minimum Gasteiger partial charge on any atom is -0.551 e. The summed E-state index contributed by atoms with van der Waals surface area (Å²) in [5.74, 6) is 2.42. The molecule has 6 heteroatoms. The Morgan fingerprint density at radius 3 is 1.87 bits per heavy atom. The lowest BCUT2D eigenvalue weighted by Crippen LogP contribution is -2.53. The van der Waals surface area contributed by atoms with Crippen molar-refractivity contribution in [2.75, 3.05) is 0 Å². The van der Waals surface area contributed by atoms with E-state index in [1.54, 1.807) is 0 Å². The van der Waals surface area contributed by atoms with Crippen molar-refractivity contribution in [1.29, 1.82) is 0 Å². The Kier molecular flexibility index (Phi) is 6.31. The predicted octanol–water partition coefficient (Wildman–Crippen LogP) is 13.2. The lowest BCUT2D eigenvalue weighted by molar-refractivity contribution is 0.480. The second-order valence-corrected chi connectivity index (χ2v) is 15.9. The molecule has 5 heterocycles. The van der Waals surface area contributed by atoms with Crippen molar-refractivity contribution in [2.45, 2.75) is 0 Å². The molecule has 278 valence electrons. The van der Waals surface area contributed by atoms with Gasteiger partial charge in [0.15, 0.2) is 0 Å². The number of benzene rings is 9. The molecule has 0 atom stereocenters. The van der Waals surface area contributed by atoms with Crippen LogP contribution in [0.4, 0.5) is 0 Å². The first kappa shape index (κ1) is 32.1. The fraction of sp³-hybridized carbons (Fsp3) is 0. The van der Waals surface area contributed by atoms with Crippen LogP contribution < -0.4 is 20.3 Å². The number of hydrogen-bond acceptors (Lipinski definition) is 4. The maximum Gasteiger partial charge on any atom is 0.434 e. The minimum absolute atomic E-state index is 0.318. The molecular weight excluding hydrogens is 737 g/mol. The molecule has 0 spiro atoms. The number of rotatable bonds is 3. The molecule has 5 nitrogen and oxygen atoms in total. The zero-order valence-electron chi connectivity index (χ0n) is 32.0. The Bertz CT molecular complexity index is 3740. The van der Waals surface area contributed by atoms with Gasteiger partial charge < -0.3 is 22.8 Å². The van der Waals surface area contributed by atoms with Gasteiger partial charge in [0, 0.05) is 60.1 Å². The average molecular weight is 768 g/mol. The van der Waals surface area contributed by atoms with Crippen molar-refractivity contribution in [3.63, 3.8) is 0 Å². The van der Waals surface area contributed by atoms with Crippen LogP contribution in [0.5, 0.6) is 17.2 Å². The van der Waals surface area contributed by atoms with Gasteiger partial charge >= 0.3 is 6.92 Å². The van der Waals surface area contributed by atoms with E-state index in [0.29, 0.717) is 0 Å². The normalized spacial score (nSPS) is 12.9. The Morgan fingerprint density at radius 1 is 0.383 bits per heavy atom. The largest absolute Gasteiger partial charge is 0.551 e. The SMILES string of the molecule is c1ccc2c(c1)OB1c3ccc(-c4ccc(-n5c6ccccc6c6ccccc65)cc4)cc3Oc3cc(-c4cccc5c4oc4cc6c(cc45)oc4ccccc46)cc-2c31. The van der Waals surface area contributed by atoms with Crippen molar-refractivity contribution in [1.82, 2.24) is 4.57 Å².